The SMILES string of the molecule is C[C@@H]1[C@H](NC(=O)c2cnc(-c3cccc(N)c3)s2)C2CCN1CC2. The quantitative estimate of drug-likeness (QED) is 0.841. The number of hydrogen-bond donors (Lipinski definition) is 2. The second-order valence-corrected chi connectivity index (χ2v) is 7.80. The van der Waals surface area contributed by atoms with E-state index in [2.05, 4.69) is 22.1 Å². The molecule has 0 aliphatic carbocycles. The van der Waals surface area contributed by atoms with Gasteiger partial charge in [-0.05, 0) is 50.9 Å². The molecular formula is C18H22N4OS. The maximum atomic E-state index is 12.7. The summed E-state index contributed by atoms with van der Waals surface area (Å²) in [6.07, 6.45) is 4.05. The minimum absolute atomic E-state index is 0.00625. The number of hydrogen-bond acceptors (Lipinski definition) is 5. The molecule has 3 aliphatic rings. The van der Waals surface area contributed by atoms with Gasteiger partial charge < -0.3 is 11.1 Å². The topological polar surface area (TPSA) is 71.2 Å². The number of amides is 1. The zero-order valence-corrected chi connectivity index (χ0v) is 14.6. The fourth-order valence-corrected chi connectivity index (χ4v) is 4.77. The van der Waals surface area contributed by atoms with Gasteiger partial charge in [0.05, 0.1) is 6.20 Å². The number of fused-ring (bicyclic) bond motifs is 3. The van der Waals surface area contributed by atoms with E-state index in [4.69, 9.17) is 5.73 Å². The van der Waals surface area contributed by atoms with Crippen molar-refractivity contribution >= 4 is 22.9 Å². The Morgan fingerprint density at radius 1 is 1.38 bits per heavy atom. The highest BCUT2D eigenvalue weighted by Gasteiger charge is 2.40. The smallest absolute Gasteiger partial charge is 0.263 e. The van der Waals surface area contributed by atoms with E-state index in [1.165, 1.54) is 37.3 Å². The summed E-state index contributed by atoms with van der Waals surface area (Å²) in [5.41, 5.74) is 7.49. The van der Waals surface area contributed by atoms with Crippen molar-refractivity contribution in [2.24, 2.45) is 5.92 Å². The number of piperidine rings is 3. The van der Waals surface area contributed by atoms with E-state index in [1.807, 2.05) is 24.3 Å². The number of nitrogens with one attached hydrogen (secondary N) is 1. The number of anilines is 1. The van der Waals surface area contributed by atoms with Crippen LogP contribution in [-0.2, 0) is 0 Å². The van der Waals surface area contributed by atoms with Gasteiger partial charge in [0.25, 0.3) is 5.91 Å². The first-order valence-electron chi connectivity index (χ1n) is 8.48. The summed E-state index contributed by atoms with van der Waals surface area (Å²) in [6, 6.07) is 8.27. The third-order valence-electron chi connectivity index (χ3n) is 5.34. The Morgan fingerprint density at radius 2 is 2.17 bits per heavy atom. The summed E-state index contributed by atoms with van der Waals surface area (Å²) in [5.74, 6) is 0.600. The van der Waals surface area contributed by atoms with Gasteiger partial charge in [-0.1, -0.05) is 12.1 Å². The second kappa shape index (κ2) is 6.18. The highest BCUT2D eigenvalue weighted by Crippen LogP contribution is 2.33. The normalized spacial score (nSPS) is 28.7. The van der Waals surface area contributed by atoms with Crippen molar-refractivity contribution in [3.63, 3.8) is 0 Å². The largest absolute Gasteiger partial charge is 0.399 e. The Labute approximate surface area is 145 Å². The molecule has 5 rings (SSSR count). The van der Waals surface area contributed by atoms with Crippen LogP contribution in [0.15, 0.2) is 30.5 Å². The van der Waals surface area contributed by atoms with Crippen molar-refractivity contribution in [3.05, 3.63) is 35.3 Å². The van der Waals surface area contributed by atoms with Gasteiger partial charge in [0.1, 0.15) is 9.88 Å². The molecule has 1 amide bonds. The zero-order chi connectivity index (χ0) is 16.7. The van der Waals surface area contributed by atoms with E-state index in [1.54, 1.807) is 6.20 Å². The molecule has 1 aromatic carbocycles. The van der Waals surface area contributed by atoms with Gasteiger partial charge in [-0.15, -0.1) is 11.3 Å². The molecule has 24 heavy (non-hydrogen) atoms. The molecule has 3 saturated heterocycles. The molecule has 2 atom stereocenters. The minimum atomic E-state index is -0.00625. The number of rotatable bonds is 3. The molecule has 1 aromatic heterocycles. The first kappa shape index (κ1) is 15.6. The average molecular weight is 342 g/mol. The highest BCUT2D eigenvalue weighted by atomic mass is 32.1. The molecule has 2 aromatic rings. The Bertz CT molecular complexity index is 749. The van der Waals surface area contributed by atoms with E-state index in [-0.39, 0.29) is 11.9 Å². The molecule has 2 bridgehead atoms. The van der Waals surface area contributed by atoms with Crippen LogP contribution in [0.3, 0.4) is 0 Å². The van der Waals surface area contributed by atoms with E-state index in [9.17, 15) is 4.79 Å². The summed E-state index contributed by atoms with van der Waals surface area (Å²) in [4.78, 5) is 20.2. The van der Waals surface area contributed by atoms with Crippen molar-refractivity contribution < 1.29 is 4.79 Å². The third-order valence-corrected chi connectivity index (χ3v) is 6.38. The van der Waals surface area contributed by atoms with Crippen molar-refractivity contribution in [2.75, 3.05) is 18.8 Å². The van der Waals surface area contributed by atoms with Gasteiger partial charge in [0, 0.05) is 23.3 Å². The van der Waals surface area contributed by atoms with Crippen LogP contribution in [0.5, 0.6) is 0 Å². The number of nitrogens with zero attached hydrogens (tertiary/aromatic N) is 2. The summed E-state index contributed by atoms with van der Waals surface area (Å²) < 4.78 is 0. The summed E-state index contributed by atoms with van der Waals surface area (Å²) in [6.45, 7) is 4.55. The molecular weight excluding hydrogens is 320 g/mol. The molecule has 6 heteroatoms. The van der Waals surface area contributed by atoms with Gasteiger partial charge in [-0.3, -0.25) is 9.69 Å². The molecule has 3 aliphatic heterocycles. The molecule has 3 fully saturated rings. The van der Waals surface area contributed by atoms with Crippen LogP contribution in [0.25, 0.3) is 10.6 Å². The van der Waals surface area contributed by atoms with Crippen LogP contribution in [0.4, 0.5) is 5.69 Å². The van der Waals surface area contributed by atoms with Crippen LogP contribution < -0.4 is 11.1 Å². The Kier molecular flexibility index (Phi) is 4.02. The van der Waals surface area contributed by atoms with Gasteiger partial charge in [-0.25, -0.2) is 4.98 Å². The highest BCUT2D eigenvalue weighted by molar-refractivity contribution is 7.16. The lowest BCUT2D eigenvalue weighted by Gasteiger charge is -2.49. The molecule has 0 spiro atoms. The van der Waals surface area contributed by atoms with E-state index in [0.717, 1.165) is 10.6 Å². The Morgan fingerprint density at radius 3 is 2.88 bits per heavy atom. The number of nitrogen functional groups attached to an aromatic ring is 1. The number of aromatic nitrogens is 1. The Balaban J connectivity index is 1.49. The fourth-order valence-electron chi connectivity index (χ4n) is 3.95. The van der Waals surface area contributed by atoms with Crippen LogP contribution in [0.1, 0.15) is 29.4 Å². The van der Waals surface area contributed by atoms with Gasteiger partial charge in [-0.2, -0.15) is 0 Å². The number of benzene rings is 1. The van der Waals surface area contributed by atoms with Crippen LogP contribution in [0, 0.1) is 5.92 Å². The lowest BCUT2D eigenvalue weighted by atomic mass is 9.79. The fraction of sp³-hybridized carbons (Fsp3) is 0.444. The van der Waals surface area contributed by atoms with E-state index >= 15 is 0 Å². The number of carbonyl (C=O) groups is 1. The van der Waals surface area contributed by atoms with E-state index < -0.39 is 0 Å². The number of thiazole rings is 1. The first-order chi connectivity index (χ1) is 11.6. The number of nitrogens with two attached hydrogens (primary N) is 1. The first-order valence-corrected chi connectivity index (χ1v) is 9.30. The average Bonchev–Trinajstić information content (AvgIpc) is 3.09. The monoisotopic (exact) mass is 342 g/mol. The van der Waals surface area contributed by atoms with Crippen molar-refractivity contribution in [3.8, 4) is 10.6 Å². The van der Waals surface area contributed by atoms with Crippen LogP contribution >= 0.6 is 11.3 Å². The lowest BCUT2D eigenvalue weighted by Crippen LogP contribution is -2.62. The summed E-state index contributed by atoms with van der Waals surface area (Å²) in [5, 5.41) is 4.09. The molecule has 0 radical (unpaired) electrons. The molecule has 126 valence electrons. The lowest BCUT2D eigenvalue weighted by molar-refractivity contribution is 0.0218. The molecule has 0 unspecified atom stereocenters. The van der Waals surface area contributed by atoms with Crippen molar-refractivity contribution in [2.45, 2.75) is 31.8 Å². The third kappa shape index (κ3) is 2.80. The Hall–Kier alpha value is -1.92. The van der Waals surface area contributed by atoms with Crippen LogP contribution in [-0.4, -0.2) is 41.0 Å². The predicted octanol–water partition coefficient (Wildman–Crippen LogP) is 2.60. The summed E-state index contributed by atoms with van der Waals surface area (Å²) in [7, 11) is 0. The van der Waals surface area contributed by atoms with Gasteiger partial charge in [0.15, 0.2) is 0 Å². The van der Waals surface area contributed by atoms with E-state index in [0.29, 0.717) is 22.5 Å². The van der Waals surface area contributed by atoms with Gasteiger partial charge >= 0.3 is 0 Å². The van der Waals surface area contributed by atoms with Crippen molar-refractivity contribution in [1.29, 1.82) is 0 Å². The summed E-state index contributed by atoms with van der Waals surface area (Å²) >= 11 is 1.42. The molecule has 3 N–H and O–H groups in total. The maximum absolute atomic E-state index is 12.7. The maximum Gasteiger partial charge on any atom is 0.263 e. The standard InChI is InChI=1S/C18H22N4OS/c1-11-16(12-5-7-22(11)8-6-12)21-17(23)15-10-20-18(24-15)13-3-2-4-14(19)9-13/h2-4,9-12,16H,5-8,19H2,1H3,(H,21,23)/t11-,16+/m1/s1. The molecule has 5 nitrogen and oxygen atoms in total. The van der Waals surface area contributed by atoms with Gasteiger partial charge in [0.2, 0.25) is 0 Å². The predicted molar refractivity (Wildman–Crippen MR) is 97.0 cm³/mol. The van der Waals surface area contributed by atoms with Crippen molar-refractivity contribution in [1.82, 2.24) is 15.2 Å². The minimum Gasteiger partial charge on any atom is -0.399 e. The second-order valence-electron chi connectivity index (χ2n) is 6.77. The number of carbonyl (C=O) groups excluding carboxylic acids is 1. The zero-order valence-electron chi connectivity index (χ0n) is 13.7. The molecule has 0 saturated carbocycles. The molecule has 4 heterocycles. The van der Waals surface area contributed by atoms with Crippen LogP contribution in [0.2, 0.25) is 0 Å².